The van der Waals surface area contributed by atoms with E-state index in [1.165, 1.54) is 12.1 Å². The first-order valence-corrected chi connectivity index (χ1v) is 4.61. The van der Waals surface area contributed by atoms with E-state index in [4.69, 9.17) is 11.5 Å². The molecule has 0 atom stereocenters. The number of hydrogen-bond donors (Lipinski definition) is 2. The van der Waals surface area contributed by atoms with Gasteiger partial charge in [0.2, 0.25) is 5.96 Å². The molecule has 1 aliphatic carbocycles. The van der Waals surface area contributed by atoms with Gasteiger partial charge in [0.15, 0.2) is 0 Å². The maximum Gasteiger partial charge on any atom is 0.211 e. The van der Waals surface area contributed by atoms with Crippen molar-refractivity contribution in [3.63, 3.8) is 0 Å². The summed E-state index contributed by atoms with van der Waals surface area (Å²) < 4.78 is 12.9. The van der Waals surface area contributed by atoms with Gasteiger partial charge in [0.05, 0.1) is 5.71 Å². The van der Waals surface area contributed by atoms with E-state index in [0.717, 1.165) is 29.7 Å². The van der Waals surface area contributed by atoms with Gasteiger partial charge < -0.3 is 11.5 Å². The van der Waals surface area contributed by atoms with E-state index < -0.39 is 0 Å². The van der Waals surface area contributed by atoms with Crippen molar-refractivity contribution < 1.29 is 4.39 Å². The van der Waals surface area contributed by atoms with Crippen LogP contribution in [0.5, 0.6) is 0 Å². The van der Waals surface area contributed by atoms with Crippen LogP contribution in [-0.2, 0) is 6.42 Å². The number of rotatable bonds is 1. The van der Waals surface area contributed by atoms with Gasteiger partial charge >= 0.3 is 0 Å². The van der Waals surface area contributed by atoms with E-state index in [-0.39, 0.29) is 11.8 Å². The normalized spacial score (nSPS) is 16.5. The first kappa shape index (κ1) is 9.64. The van der Waals surface area contributed by atoms with Crippen LogP contribution in [-0.4, -0.2) is 11.7 Å². The fourth-order valence-electron chi connectivity index (χ4n) is 1.66. The van der Waals surface area contributed by atoms with Crippen LogP contribution in [0.1, 0.15) is 17.5 Å². The largest absolute Gasteiger partial charge is 0.369 e. The van der Waals surface area contributed by atoms with Gasteiger partial charge in [-0.3, -0.25) is 0 Å². The molecule has 0 unspecified atom stereocenters. The summed E-state index contributed by atoms with van der Waals surface area (Å²) in [6.45, 7) is 0. The Morgan fingerprint density at radius 3 is 2.80 bits per heavy atom. The molecule has 4 N–H and O–H groups in total. The first-order chi connectivity index (χ1) is 7.16. The molecule has 0 spiro atoms. The van der Waals surface area contributed by atoms with E-state index in [0.29, 0.717) is 0 Å². The Hall–Kier alpha value is -1.91. The summed E-state index contributed by atoms with van der Waals surface area (Å²) in [7, 11) is 0. The van der Waals surface area contributed by atoms with Gasteiger partial charge in [0, 0.05) is 5.56 Å². The third-order valence-corrected chi connectivity index (χ3v) is 2.30. The van der Waals surface area contributed by atoms with Crippen LogP contribution >= 0.6 is 0 Å². The van der Waals surface area contributed by atoms with Crippen molar-refractivity contribution in [2.75, 3.05) is 0 Å². The summed E-state index contributed by atoms with van der Waals surface area (Å²) in [5.41, 5.74) is 13.0. The lowest BCUT2D eigenvalue weighted by molar-refractivity contribution is 0.626. The van der Waals surface area contributed by atoms with Gasteiger partial charge in [-0.1, -0.05) is 0 Å². The van der Waals surface area contributed by atoms with Gasteiger partial charge in [-0.05, 0) is 36.6 Å². The fourth-order valence-corrected chi connectivity index (χ4v) is 1.66. The lowest BCUT2D eigenvalue weighted by atomic mass is 10.1. The summed E-state index contributed by atoms with van der Waals surface area (Å²) >= 11 is 0. The maximum atomic E-state index is 12.9. The minimum atomic E-state index is -0.225. The van der Waals surface area contributed by atoms with Crippen molar-refractivity contribution in [3.05, 3.63) is 35.1 Å². The van der Waals surface area contributed by atoms with Gasteiger partial charge in [-0.2, -0.15) is 5.10 Å². The number of fused-ring (bicyclic) bond motifs is 1. The van der Waals surface area contributed by atoms with Gasteiger partial charge in [0.1, 0.15) is 5.82 Å². The second kappa shape index (κ2) is 3.68. The highest BCUT2D eigenvalue weighted by Gasteiger charge is 2.17. The molecule has 1 aliphatic rings. The molecule has 0 heterocycles. The zero-order valence-electron chi connectivity index (χ0n) is 8.07. The van der Waals surface area contributed by atoms with Crippen molar-refractivity contribution in [1.29, 1.82) is 0 Å². The molecule has 5 heteroatoms. The van der Waals surface area contributed by atoms with Crippen molar-refractivity contribution in [2.24, 2.45) is 21.7 Å². The van der Waals surface area contributed by atoms with Crippen LogP contribution in [0.15, 0.2) is 28.4 Å². The minimum absolute atomic E-state index is 0.0712. The molecule has 78 valence electrons. The molecule has 15 heavy (non-hydrogen) atoms. The quantitative estimate of drug-likeness (QED) is 0.404. The van der Waals surface area contributed by atoms with E-state index in [1.807, 2.05) is 0 Å². The summed E-state index contributed by atoms with van der Waals surface area (Å²) in [5, 5.41) is 7.52. The molecule has 1 aromatic rings. The average molecular weight is 206 g/mol. The minimum Gasteiger partial charge on any atom is -0.369 e. The number of nitrogens with zero attached hydrogens (tertiary/aromatic N) is 2. The Kier molecular flexibility index (Phi) is 2.37. The number of guanidine groups is 1. The third-order valence-electron chi connectivity index (χ3n) is 2.30. The smallest absolute Gasteiger partial charge is 0.211 e. The number of benzene rings is 1. The van der Waals surface area contributed by atoms with Crippen molar-refractivity contribution in [2.45, 2.75) is 12.8 Å². The molecular formula is C10H11FN4. The molecule has 0 aromatic heterocycles. The van der Waals surface area contributed by atoms with Crippen molar-refractivity contribution in [1.82, 2.24) is 0 Å². The summed E-state index contributed by atoms with van der Waals surface area (Å²) in [4.78, 5) is 0. The van der Waals surface area contributed by atoms with Gasteiger partial charge in [-0.15, -0.1) is 5.10 Å². The van der Waals surface area contributed by atoms with Crippen LogP contribution in [0.4, 0.5) is 4.39 Å². The second-order valence-corrected chi connectivity index (χ2v) is 3.37. The zero-order valence-corrected chi connectivity index (χ0v) is 8.07. The second-order valence-electron chi connectivity index (χ2n) is 3.37. The Morgan fingerprint density at radius 1 is 1.27 bits per heavy atom. The Bertz CT molecular complexity index is 447. The Morgan fingerprint density at radius 2 is 2.07 bits per heavy atom. The van der Waals surface area contributed by atoms with E-state index in [1.54, 1.807) is 6.07 Å². The molecule has 0 radical (unpaired) electrons. The molecule has 1 aromatic carbocycles. The molecule has 4 nitrogen and oxygen atoms in total. The van der Waals surface area contributed by atoms with Crippen LogP contribution in [0.3, 0.4) is 0 Å². The molecular weight excluding hydrogens is 195 g/mol. The van der Waals surface area contributed by atoms with Crippen LogP contribution in [0.2, 0.25) is 0 Å². The average Bonchev–Trinajstić information content (AvgIpc) is 2.57. The predicted molar refractivity (Wildman–Crippen MR) is 57.1 cm³/mol. The highest BCUT2D eigenvalue weighted by atomic mass is 19.1. The standard InChI is InChI=1S/C10H11FN4/c11-7-2-3-8-6(5-7)1-4-9(8)14-15-10(12)13/h2-3,5H,1,4H2,(H4,12,13,15)/b14-9-. The number of hydrogen-bond acceptors (Lipinski definition) is 2. The molecule has 0 fully saturated rings. The molecule has 0 aliphatic heterocycles. The SMILES string of the molecule is NC(N)=N/N=C1/CCc2cc(F)ccc21. The summed E-state index contributed by atoms with van der Waals surface area (Å²) in [6, 6.07) is 4.64. The monoisotopic (exact) mass is 206 g/mol. The van der Waals surface area contributed by atoms with Crippen molar-refractivity contribution >= 4 is 11.7 Å². The number of halogens is 1. The molecule has 0 bridgehead atoms. The number of aryl methyl sites for hydroxylation is 1. The topological polar surface area (TPSA) is 76.8 Å². The third kappa shape index (κ3) is 1.96. The summed E-state index contributed by atoms with van der Waals surface area (Å²) in [6.07, 6.45) is 1.53. The number of nitrogens with two attached hydrogens (primary N) is 2. The van der Waals surface area contributed by atoms with Crippen LogP contribution in [0.25, 0.3) is 0 Å². The molecule has 2 rings (SSSR count). The Labute approximate surface area is 86.5 Å². The lowest BCUT2D eigenvalue weighted by Gasteiger charge is -1.98. The van der Waals surface area contributed by atoms with E-state index in [9.17, 15) is 4.39 Å². The van der Waals surface area contributed by atoms with Gasteiger partial charge in [0.25, 0.3) is 0 Å². The Balaban J connectivity index is 2.37. The maximum absolute atomic E-state index is 12.9. The van der Waals surface area contributed by atoms with Gasteiger partial charge in [-0.25, -0.2) is 4.39 Å². The highest BCUT2D eigenvalue weighted by molar-refractivity contribution is 6.04. The van der Waals surface area contributed by atoms with Crippen molar-refractivity contribution in [3.8, 4) is 0 Å². The highest BCUT2D eigenvalue weighted by Crippen LogP contribution is 2.23. The lowest BCUT2D eigenvalue weighted by Crippen LogP contribution is -2.22. The van der Waals surface area contributed by atoms with Crippen LogP contribution < -0.4 is 11.5 Å². The zero-order chi connectivity index (χ0) is 10.8. The van der Waals surface area contributed by atoms with E-state index >= 15 is 0 Å². The summed E-state index contributed by atoms with van der Waals surface area (Å²) in [5.74, 6) is -0.296. The fraction of sp³-hybridized carbons (Fsp3) is 0.200. The molecule has 0 amide bonds. The first-order valence-electron chi connectivity index (χ1n) is 4.61. The predicted octanol–water partition coefficient (Wildman–Crippen LogP) is 0.749. The molecule has 0 saturated carbocycles. The molecule has 0 saturated heterocycles. The van der Waals surface area contributed by atoms with E-state index in [2.05, 4.69) is 10.2 Å². The van der Waals surface area contributed by atoms with Crippen LogP contribution in [0, 0.1) is 5.82 Å².